The van der Waals surface area contributed by atoms with Crippen molar-refractivity contribution in [3.63, 3.8) is 0 Å². The highest BCUT2D eigenvalue weighted by Gasteiger charge is 2.64. The number of nitrogens with one attached hydrogen (secondary N) is 1. The van der Waals surface area contributed by atoms with E-state index in [9.17, 15) is 14.4 Å². The average molecular weight is 744 g/mol. The molecule has 2 saturated heterocycles. The third-order valence-corrected chi connectivity index (χ3v) is 13.2. The maximum absolute atomic E-state index is 14.3. The Morgan fingerprint density at radius 1 is 1.02 bits per heavy atom. The smallest absolute Gasteiger partial charge is 0.410 e. The molecular formula is C42H61N5O5Si. The highest BCUT2D eigenvalue weighted by molar-refractivity contribution is 6.76. The van der Waals surface area contributed by atoms with Gasteiger partial charge in [0.1, 0.15) is 23.9 Å². The first-order valence-corrected chi connectivity index (χ1v) is 23.7. The van der Waals surface area contributed by atoms with Gasteiger partial charge in [0.15, 0.2) is 0 Å². The number of ketones is 1. The van der Waals surface area contributed by atoms with E-state index in [1.807, 2.05) is 50.9 Å². The van der Waals surface area contributed by atoms with E-state index in [-0.39, 0.29) is 41.5 Å². The molecule has 1 aliphatic carbocycles. The largest absolute Gasteiger partial charge is 0.444 e. The minimum absolute atomic E-state index is 0.0703. The van der Waals surface area contributed by atoms with Crippen LogP contribution in [0.4, 0.5) is 4.79 Å². The molecule has 53 heavy (non-hydrogen) atoms. The van der Waals surface area contributed by atoms with Crippen LogP contribution in [0.1, 0.15) is 110 Å². The van der Waals surface area contributed by atoms with Crippen LogP contribution < -0.4 is 5.32 Å². The SMILES string of the molecule is CCC(=O)CCCCC[C@H](NC(=O)C1CC12CC1CCC(C2)N1C(=O)OC(C)(C)C)c1ncc(-c2ccc3ncccc3c2)n1COCC[Si](C)(C)C. The van der Waals surface area contributed by atoms with E-state index in [4.69, 9.17) is 14.5 Å². The van der Waals surface area contributed by atoms with Gasteiger partial charge in [0.2, 0.25) is 5.91 Å². The Labute approximate surface area is 316 Å². The van der Waals surface area contributed by atoms with Gasteiger partial charge in [-0.1, -0.05) is 51.5 Å². The van der Waals surface area contributed by atoms with Crippen molar-refractivity contribution in [2.24, 2.45) is 11.3 Å². The summed E-state index contributed by atoms with van der Waals surface area (Å²) in [6.45, 7) is 15.7. The van der Waals surface area contributed by atoms with Gasteiger partial charge in [-0.3, -0.25) is 14.6 Å². The second-order valence-corrected chi connectivity index (χ2v) is 23.7. The number of amides is 2. The van der Waals surface area contributed by atoms with Gasteiger partial charge in [-0.15, -0.1) is 0 Å². The van der Waals surface area contributed by atoms with Gasteiger partial charge < -0.3 is 24.3 Å². The molecule has 6 rings (SSSR count). The number of carbonyl (C=O) groups excluding carboxylic acids is 3. The summed E-state index contributed by atoms with van der Waals surface area (Å²) in [4.78, 5) is 51.0. The van der Waals surface area contributed by atoms with Gasteiger partial charge >= 0.3 is 6.09 Å². The van der Waals surface area contributed by atoms with Crippen molar-refractivity contribution in [3.05, 3.63) is 48.5 Å². The number of hydrogen-bond donors (Lipinski definition) is 1. The molecule has 1 N–H and O–H groups in total. The standard InChI is InChI=1S/C42H61N5O5Si/c1-8-33(48)14-10-9-11-15-36(45-39(49)34-26-42(34)24-31-17-18-32(25-42)47(31)40(50)52-41(2,3)4)38-44-27-37(46(38)28-51-21-22-53(5,6)7)30-16-19-35-29(23-30)13-12-20-43-35/h12-13,16,19-20,23,27,31-32,34,36H,8-11,14-15,17-18,21-22,24-26,28H2,1-7H3,(H,45,49)/t31?,32?,34?,36-,42?/m0/s1. The number of imidazole rings is 1. The van der Waals surface area contributed by atoms with Crippen molar-refractivity contribution < 1.29 is 23.9 Å². The highest BCUT2D eigenvalue weighted by Crippen LogP contribution is 2.64. The number of nitrogens with zero attached hydrogens (tertiary/aromatic N) is 4. The zero-order valence-electron chi connectivity index (χ0n) is 33.1. The number of unbranched alkanes of at least 4 members (excludes halogenated alkanes) is 2. The van der Waals surface area contributed by atoms with Crippen molar-refractivity contribution in [2.45, 2.75) is 154 Å². The van der Waals surface area contributed by atoms with E-state index in [0.29, 0.717) is 32.0 Å². The summed E-state index contributed by atoms with van der Waals surface area (Å²) in [7, 11) is -1.30. The Kier molecular flexibility index (Phi) is 11.8. The monoisotopic (exact) mass is 743 g/mol. The van der Waals surface area contributed by atoms with Crippen LogP contribution in [0.3, 0.4) is 0 Å². The lowest BCUT2D eigenvalue weighted by Gasteiger charge is -2.40. The lowest BCUT2D eigenvalue weighted by Crippen LogP contribution is -2.49. The molecule has 0 radical (unpaired) electrons. The molecular weight excluding hydrogens is 683 g/mol. The molecule has 3 fully saturated rings. The minimum Gasteiger partial charge on any atom is -0.444 e. The topological polar surface area (TPSA) is 116 Å². The van der Waals surface area contributed by atoms with E-state index < -0.39 is 13.7 Å². The Morgan fingerprint density at radius 3 is 2.47 bits per heavy atom. The maximum Gasteiger partial charge on any atom is 0.410 e. The molecule has 4 atom stereocenters. The highest BCUT2D eigenvalue weighted by atomic mass is 28.3. The third-order valence-electron chi connectivity index (χ3n) is 11.5. The molecule has 3 aromatic rings. The van der Waals surface area contributed by atoms with E-state index in [1.165, 1.54) is 0 Å². The number of ether oxygens (including phenoxy) is 2. The molecule has 2 amide bonds. The zero-order chi connectivity index (χ0) is 38.0. The predicted molar refractivity (Wildman–Crippen MR) is 211 cm³/mol. The molecule has 3 aliphatic rings. The van der Waals surface area contributed by atoms with Gasteiger partial charge in [-0.25, -0.2) is 9.78 Å². The number of Topliss-reactive ketones (excluding diaryl/α,β-unsaturated/α-hetero) is 1. The average Bonchev–Trinajstić information content (AvgIpc) is 3.47. The van der Waals surface area contributed by atoms with Gasteiger partial charge in [0, 0.05) is 62.7 Å². The number of carbonyl (C=O) groups is 3. The Balaban J connectivity index is 1.23. The predicted octanol–water partition coefficient (Wildman–Crippen LogP) is 9.07. The summed E-state index contributed by atoms with van der Waals surface area (Å²) in [5, 5.41) is 4.54. The molecule has 11 heteroatoms. The van der Waals surface area contributed by atoms with Crippen molar-refractivity contribution >= 4 is 36.8 Å². The molecule has 10 nitrogen and oxygen atoms in total. The Hall–Kier alpha value is -3.57. The van der Waals surface area contributed by atoms with Gasteiger partial charge in [0.25, 0.3) is 0 Å². The fraction of sp³-hybridized carbons (Fsp3) is 0.643. The van der Waals surface area contributed by atoms with Crippen LogP contribution in [0.15, 0.2) is 42.7 Å². The van der Waals surface area contributed by atoms with Crippen LogP contribution in [0, 0.1) is 11.3 Å². The first-order valence-electron chi connectivity index (χ1n) is 20.0. The minimum atomic E-state index is -1.30. The normalized spacial score (nSPS) is 23.0. The summed E-state index contributed by atoms with van der Waals surface area (Å²) in [6.07, 6.45) is 12.5. The van der Waals surface area contributed by atoms with E-state index in [2.05, 4.69) is 52.7 Å². The maximum atomic E-state index is 14.3. The first kappa shape index (κ1) is 39.1. The first-order chi connectivity index (χ1) is 25.2. The zero-order valence-corrected chi connectivity index (χ0v) is 34.1. The summed E-state index contributed by atoms with van der Waals surface area (Å²) in [5.74, 6) is 1.09. The Bertz CT molecular complexity index is 1760. The number of fused-ring (bicyclic) bond motifs is 3. The van der Waals surface area contributed by atoms with Crippen LogP contribution in [0.5, 0.6) is 0 Å². The number of pyridine rings is 1. The lowest BCUT2D eigenvalue weighted by atomic mass is 9.85. The van der Waals surface area contributed by atoms with Crippen molar-refractivity contribution in [1.82, 2.24) is 24.8 Å². The molecule has 3 unspecified atom stereocenters. The number of rotatable bonds is 16. The number of piperidine rings is 1. The molecule has 288 valence electrons. The molecule has 4 heterocycles. The second-order valence-electron chi connectivity index (χ2n) is 18.0. The van der Waals surface area contributed by atoms with Crippen LogP contribution >= 0.6 is 0 Å². The van der Waals surface area contributed by atoms with Crippen LogP contribution in [-0.4, -0.2) is 69.6 Å². The molecule has 2 bridgehead atoms. The summed E-state index contributed by atoms with van der Waals surface area (Å²) >= 11 is 0. The summed E-state index contributed by atoms with van der Waals surface area (Å²) in [5.41, 5.74) is 2.29. The second kappa shape index (κ2) is 16.0. The van der Waals surface area contributed by atoms with Crippen LogP contribution in [0.25, 0.3) is 22.2 Å². The molecule has 1 aromatic carbocycles. The quantitative estimate of drug-likeness (QED) is 0.115. The Morgan fingerprint density at radius 2 is 1.77 bits per heavy atom. The molecule has 1 saturated carbocycles. The van der Waals surface area contributed by atoms with Gasteiger partial charge in [-0.2, -0.15) is 0 Å². The van der Waals surface area contributed by atoms with Crippen LogP contribution in [-0.2, 0) is 25.8 Å². The third kappa shape index (κ3) is 9.57. The van der Waals surface area contributed by atoms with E-state index >= 15 is 0 Å². The lowest BCUT2D eigenvalue weighted by molar-refractivity contribution is -0.124. The fourth-order valence-electron chi connectivity index (χ4n) is 8.53. The van der Waals surface area contributed by atoms with Gasteiger partial charge in [-0.05, 0) is 95.4 Å². The summed E-state index contributed by atoms with van der Waals surface area (Å²) < 4.78 is 14.3. The van der Waals surface area contributed by atoms with Gasteiger partial charge in [0.05, 0.1) is 23.4 Å². The number of benzene rings is 1. The van der Waals surface area contributed by atoms with E-state index in [1.54, 1.807) is 6.20 Å². The van der Waals surface area contributed by atoms with Crippen molar-refractivity contribution in [1.29, 1.82) is 0 Å². The molecule has 2 aliphatic heterocycles. The summed E-state index contributed by atoms with van der Waals surface area (Å²) in [6, 6.07) is 11.3. The fourth-order valence-corrected chi connectivity index (χ4v) is 9.29. The van der Waals surface area contributed by atoms with Crippen LogP contribution in [0.2, 0.25) is 25.7 Å². The van der Waals surface area contributed by atoms with Crippen molar-refractivity contribution in [3.8, 4) is 11.3 Å². The van der Waals surface area contributed by atoms with Crippen molar-refractivity contribution in [2.75, 3.05) is 6.61 Å². The number of aromatic nitrogens is 3. The molecule has 1 spiro atoms. The van der Waals surface area contributed by atoms with E-state index in [0.717, 1.165) is 91.8 Å². The number of hydrogen-bond acceptors (Lipinski definition) is 7. The molecule has 2 aromatic heterocycles.